The standard InChI is InChI=1S/4C18H22F2N2O12P2/c2*1-9-7-22(18(26)21(16(9)25)5-4-10-2-3-11(19)6-12(10)20)17-15(24)14(23)13(33-17)8-32-36(30,31)34-35(27,28)29;2*1-10-7-21(17(26)22(15(10)25)9-18(19,20)11-5-3-2-4-6-11)16-14(24)13(23)12(33-16)8-32-36(30,31)34-35(27,28)29/h2*2-3,6-7,13-15,17,23-24H,4-5,8H2,1H3,(H,30,31)(H2,27,28,29);2*2-7,12-14,16,23-24H,8-9H2,1H3,(H,30,31)(H2,27,28,29)/t2*13-,14?,15+,17-;2*12-,13?,14+,16-/m1111/s1. The maximum atomic E-state index is 14.8. The number of phosphoric acid groups is 8. The van der Waals surface area contributed by atoms with Crippen LogP contribution in [-0.4, -0.2) is 236 Å². The lowest BCUT2D eigenvalue weighted by molar-refractivity contribution is -0.0571. The van der Waals surface area contributed by atoms with Crippen LogP contribution in [0.25, 0.3) is 0 Å². The molecule has 8 heterocycles. The Morgan fingerprint density at radius 1 is 0.319 bits per heavy atom. The first kappa shape index (κ1) is 119. The molecule has 4 aromatic heterocycles. The molecular weight excluding hydrogens is 2140 g/mol. The van der Waals surface area contributed by atoms with E-state index >= 15 is 0 Å². The van der Waals surface area contributed by atoms with Crippen molar-refractivity contribution < 1.29 is 226 Å². The molecule has 56 nitrogen and oxygen atoms in total. The number of rotatable bonds is 36. The van der Waals surface area contributed by atoms with Gasteiger partial charge in [-0.2, -0.15) is 34.8 Å². The zero-order chi connectivity index (χ0) is 108. The highest BCUT2D eigenvalue weighted by atomic mass is 31.3. The number of hydrogen-bond acceptors (Lipinski definition) is 36. The minimum absolute atomic E-state index is 0.00840. The van der Waals surface area contributed by atoms with E-state index in [0.29, 0.717) is 21.3 Å². The van der Waals surface area contributed by atoms with Gasteiger partial charge in [-0.15, -0.1) is 0 Å². The minimum atomic E-state index is -5.43. The summed E-state index contributed by atoms with van der Waals surface area (Å²) in [7, 11) is -42.9. The molecule has 0 radical (unpaired) electrons. The summed E-state index contributed by atoms with van der Waals surface area (Å²) in [5.41, 5.74) is -9.37. The normalized spacial score (nSPS) is 24.3. The highest BCUT2D eigenvalue weighted by molar-refractivity contribution is 7.62. The second-order valence-corrected chi connectivity index (χ2v) is 42.7. The minimum Gasteiger partial charge on any atom is -0.387 e. The fourth-order valence-corrected chi connectivity index (χ4v) is 20.4. The summed E-state index contributed by atoms with van der Waals surface area (Å²) in [6.07, 6.45) is -24.3. The number of aryl methyl sites for hydroxylation is 6. The van der Waals surface area contributed by atoms with E-state index in [0.717, 1.165) is 91.6 Å². The van der Waals surface area contributed by atoms with Crippen molar-refractivity contribution in [2.75, 3.05) is 26.4 Å². The van der Waals surface area contributed by atoms with E-state index in [9.17, 15) is 170 Å². The van der Waals surface area contributed by atoms with E-state index < -0.39 is 291 Å². The predicted octanol–water partition coefficient (Wildman–Crippen LogP) is -0.719. The third kappa shape index (κ3) is 31.4. The Balaban J connectivity index is 0.000000214. The Labute approximate surface area is 797 Å². The number of halogens is 8. The van der Waals surface area contributed by atoms with Crippen LogP contribution in [0.5, 0.6) is 0 Å². The van der Waals surface area contributed by atoms with Gasteiger partial charge in [-0.05, 0) is 63.8 Å². The molecule has 8 aromatic rings. The van der Waals surface area contributed by atoms with Gasteiger partial charge in [0.2, 0.25) is 0 Å². The highest BCUT2D eigenvalue weighted by Gasteiger charge is 2.52. The Bertz CT molecular complexity index is 6520. The summed E-state index contributed by atoms with van der Waals surface area (Å²) in [4.78, 5) is 208. The predicted molar refractivity (Wildman–Crippen MR) is 459 cm³/mol. The number of alkyl halides is 4. The van der Waals surface area contributed by atoms with Gasteiger partial charge in [-0.1, -0.05) is 72.8 Å². The van der Waals surface area contributed by atoms with Crippen LogP contribution in [-0.2, 0) is 142 Å². The molecule has 4 aliphatic rings. The Kier molecular flexibility index (Phi) is 39.1. The van der Waals surface area contributed by atoms with Crippen LogP contribution in [0.4, 0.5) is 35.1 Å². The van der Waals surface area contributed by atoms with Crippen molar-refractivity contribution in [2.45, 2.75) is 177 Å². The smallest absolute Gasteiger partial charge is 0.387 e. The van der Waals surface area contributed by atoms with Gasteiger partial charge in [0.05, 0.1) is 39.5 Å². The first-order valence-electron chi connectivity index (χ1n) is 40.3. The van der Waals surface area contributed by atoms with Crippen LogP contribution >= 0.6 is 62.6 Å². The van der Waals surface area contributed by atoms with Crippen LogP contribution in [0, 0.1) is 51.0 Å². The van der Waals surface area contributed by atoms with Crippen molar-refractivity contribution >= 4 is 62.6 Å². The summed E-state index contributed by atoms with van der Waals surface area (Å²) < 4.78 is 261. The average Bonchev–Trinajstić information content (AvgIpc) is 1.51. The van der Waals surface area contributed by atoms with Gasteiger partial charge < -0.3 is 119 Å². The molecule has 8 unspecified atom stereocenters. The summed E-state index contributed by atoms with van der Waals surface area (Å²) in [5, 5.41) is 82.4. The van der Waals surface area contributed by atoms with Crippen LogP contribution in [0.2, 0.25) is 0 Å². The fraction of sp³-hybridized carbons (Fsp3) is 0.444. The van der Waals surface area contributed by atoms with Gasteiger partial charge in [0, 0.05) is 83.4 Å². The van der Waals surface area contributed by atoms with Crippen molar-refractivity contribution in [3.63, 3.8) is 0 Å². The molecule has 0 aliphatic carbocycles. The molecule has 144 heavy (non-hydrogen) atoms. The van der Waals surface area contributed by atoms with E-state index in [-0.39, 0.29) is 68.4 Å². The largest absolute Gasteiger partial charge is 0.481 e. The van der Waals surface area contributed by atoms with Crippen molar-refractivity contribution in [3.05, 3.63) is 273 Å². The van der Waals surface area contributed by atoms with Crippen LogP contribution in [0.15, 0.2) is 160 Å². The van der Waals surface area contributed by atoms with Gasteiger partial charge in [-0.3, -0.25) is 73.8 Å². The number of ether oxygens (including phenoxy) is 4. The van der Waals surface area contributed by atoms with Gasteiger partial charge in [-0.25, -0.2) is 73.3 Å². The lowest BCUT2D eigenvalue weighted by Gasteiger charge is -2.22. The molecular formula is C72H88F8N8O48P8. The zero-order valence-electron chi connectivity index (χ0n) is 73.4. The molecule has 0 spiro atoms. The van der Waals surface area contributed by atoms with E-state index in [1.54, 1.807) is 0 Å². The van der Waals surface area contributed by atoms with Gasteiger partial charge >= 0.3 is 85.3 Å². The zero-order valence-corrected chi connectivity index (χ0v) is 80.6. The molecule has 4 aromatic carbocycles. The molecule has 0 amide bonds. The second kappa shape index (κ2) is 47.2. The van der Waals surface area contributed by atoms with Crippen molar-refractivity contribution in [1.29, 1.82) is 0 Å². The summed E-state index contributed by atoms with van der Waals surface area (Å²) in [5.74, 6) is -10.6. The first-order valence-corrected chi connectivity index (χ1v) is 52.4. The monoisotopic (exact) mass is 2230 g/mol. The molecule has 4 aliphatic heterocycles. The molecule has 800 valence electrons. The molecule has 0 bridgehead atoms. The third-order valence-electron chi connectivity index (χ3n) is 20.7. The van der Waals surface area contributed by atoms with E-state index in [2.05, 4.69) is 35.3 Å². The lowest BCUT2D eigenvalue weighted by atomic mass is 10.1. The lowest BCUT2D eigenvalue weighted by Crippen LogP contribution is -2.46. The van der Waals surface area contributed by atoms with Crippen molar-refractivity contribution in [2.24, 2.45) is 0 Å². The number of hydrogen-bond donors (Lipinski definition) is 20. The quantitative estimate of drug-likeness (QED) is 0.0170. The maximum absolute atomic E-state index is 14.8. The SMILES string of the molecule is Cc1cn([C@@H]2O[C@H](COP(=O)(O)OP(=O)(O)O)C(O)[C@@H]2O)c(=O)n(CC(F)(F)c2ccccc2)c1=O.Cc1cn([C@@H]2O[C@H](COP(=O)(O)OP(=O)(O)O)C(O)[C@@H]2O)c(=O)n(CC(F)(F)c2ccccc2)c1=O.Cc1cn([C@@H]2O[C@H](COP(=O)(O)OP(=O)(O)O)C(O)[C@@H]2O)c(=O)n(CCc2ccc(F)cc2F)c1=O.Cc1cn([C@@H]2O[C@H](COP(=O)(O)OP(=O)(O)O)C(O)[C@@H]2O)c(=O)n(CCc2ccc(F)cc2F)c1=O. The third-order valence-corrected chi connectivity index (χ3v) is 29.3. The first-order chi connectivity index (χ1) is 66.2. The fourth-order valence-electron chi connectivity index (χ4n) is 14.0. The van der Waals surface area contributed by atoms with Gasteiger partial charge in [0.25, 0.3) is 34.1 Å². The summed E-state index contributed by atoms with van der Waals surface area (Å²) in [6.45, 7) is -2.28. The van der Waals surface area contributed by atoms with E-state index in [1.807, 2.05) is 0 Å². The Hall–Kier alpha value is -8.40. The Morgan fingerprint density at radius 3 is 0.750 bits per heavy atom. The molecule has 4 fully saturated rings. The topological polar surface area (TPSA) is 828 Å². The summed E-state index contributed by atoms with van der Waals surface area (Å²) >= 11 is 0. The summed E-state index contributed by atoms with van der Waals surface area (Å²) in [6, 6.07) is 18.5. The highest BCUT2D eigenvalue weighted by Crippen LogP contribution is 2.61. The number of aromatic nitrogens is 8. The van der Waals surface area contributed by atoms with Gasteiger partial charge in [0.1, 0.15) is 96.5 Å². The van der Waals surface area contributed by atoms with Crippen LogP contribution < -0.4 is 45.0 Å². The number of nitrogens with zero attached hydrogens (tertiary/aromatic N) is 8. The maximum Gasteiger partial charge on any atom is 0.481 e. The number of aliphatic hydroxyl groups excluding tert-OH is 8. The van der Waals surface area contributed by atoms with Crippen molar-refractivity contribution in [1.82, 2.24) is 36.5 Å². The second-order valence-electron chi connectivity index (χ2n) is 31.3. The molecule has 0 saturated carbocycles. The molecule has 20 N–H and O–H groups in total. The number of phosphoric ester groups is 4. The van der Waals surface area contributed by atoms with Crippen molar-refractivity contribution in [3.8, 4) is 0 Å². The number of aliphatic hydroxyl groups is 8. The average molecular weight is 2230 g/mol. The van der Waals surface area contributed by atoms with E-state index in [1.165, 1.54) is 64.1 Å². The Morgan fingerprint density at radius 2 is 0.535 bits per heavy atom. The molecule has 72 heteroatoms. The van der Waals surface area contributed by atoms with Crippen LogP contribution in [0.1, 0.15) is 69.4 Å². The van der Waals surface area contributed by atoms with Gasteiger partial charge in [0.15, 0.2) is 24.9 Å². The van der Waals surface area contributed by atoms with Crippen LogP contribution in [0.3, 0.4) is 0 Å². The molecule has 12 rings (SSSR count). The van der Waals surface area contributed by atoms with E-state index in [4.69, 9.17) is 58.1 Å². The molecule has 4 saturated heterocycles. The molecule has 20 atom stereocenters. The number of benzene rings is 4.